The Morgan fingerprint density at radius 2 is 2.00 bits per heavy atom. The van der Waals surface area contributed by atoms with Crippen molar-refractivity contribution >= 4 is 0 Å². The number of aryl methyl sites for hydroxylation is 1. The first-order valence-corrected chi connectivity index (χ1v) is 6.18. The third-order valence-electron chi connectivity index (χ3n) is 2.81. The van der Waals surface area contributed by atoms with Crippen molar-refractivity contribution in [3.05, 3.63) is 53.9 Å². The number of benzene rings is 1. The fourth-order valence-corrected chi connectivity index (χ4v) is 1.74. The van der Waals surface area contributed by atoms with E-state index in [0.29, 0.717) is 0 Å². The van der Waals surface area contributed by atoms with Gasteiger partial charge in [0.05, 0.1) is 11.9 Å². The van der Waals surface area contributed by atoms with Crippen LogP contribution < -0.4 is 10.5 Å². The Morgan fingerprint density at radius 3 is 2.61 bits per heavy atom. The van der Waals surface area contributed by atoms with Crippen LogP contribution >= 0.6 is 0 Å². The molecule has 0 aliphatic carbocycles. The van der Waals surface area contributed by atoms with E-state index in [-0.39, 0.29) is 6.04 Å². The molecule has 0 aliphatic heterocycles. The molecule has 0 fully saturated rings. The topological polar surface area (TPSA) is 48.1 Å². The fraction of sp³-hybridized carbons (Fsp3) is 0.267. The number of hydrogen-bond acceptors (Lipinski definition) is 3. The predicted molar refractivity (Wildman–Crippen MR) is 72.7 cm³/mol. The van der Waals surface area contributed by atoms with Crippen LogP contribution in [-0.4, -0.2) is 4.98 Å². The smallest absolute Gasteiger partial charge is 0.145 e. The number of para-hydroxylation sites is 1. The molecule has 0 saturated carbocycles. The summed E-state index contributed by atoms with van der Waals surface area (Å²) in [5, 5.41) is 0. The Kier molecular flexibility index (Phi) is 3.95. The summed E-state index contributed by atoms with van der Waals surface area (Å²) in [4.78, 5) is 4.28. The molecule has 1 atom stereocenters. The van der Waals surface area contributed by atoms with Gasteiger partial charge in [-0.05, 0) is 37.1 Å². The first-order chi connectivity index (χ1) is 8.70. The van der Waals surface area contributed by atoms with E-state index in [1.54, 1.807) is 6.20 Å². The number of ether oxygens (including phenoxy) is 1. The summed E-state index contributed by atoms with van der Waals surface area (Å²) < 4.78 is 5.83. The molecule has 0 amide bonds. The van der Waals surface area contributed by atoms with Gasteiger partial charge in [0.1, 0.15) is 11.5 Å². The largest absolute Gasteiger partial charge is 0.455 e. The zero-order valence-electron chi connectivity index (χ0n) is 10.8. The zero-order chi connectivity index (χ0) is 13.0. The summed E-state index contributed by atoms with van der Waals surface area (Å²) in [5.41, 5.74) is 7.81. The highest BCUT2D eigenvalue weighted by Crippen LogP contribution is 2.25. The average molecular weight is 242 g/mol. The molecule has 2 aromatic rings. The molecular weight excluding hydrogens is 224 g/mol. The minimum atomic E-state index is -0.0537. The van der Waals surface area contributed by atoms with Gasteiger partial charge in [0.25, 0.3) is 0 Å². The summed E-state index contributed by atoms with van der Waals surface area (Å²) in [5.74, 6) is 1.62. The van der Waals surface area contributed by atoms with E-state index in [9.17, 15) is 0 Å². The molecular formula is C15H18N2O. The van der Waals surface area contributed by atoms with Gasteiger partial charge in [0.15, 0.2) is 0 Å². The monoisotopic (exact) mass is 242 g/mol. The van der Waals surface area contributed by atoms with Crippen molar-refractivity contribution in [3.63, 3.8) is 0 Å². The van der Waals surface area contributed by atoms with Crippen LogP contribution in [0.2, 0.25) is 0 Å². The van der Waals surface area contributed by atoms with Gasteiger partial charge in [-0.2, -0.15) is 0 Å². The number of nitrogens with two attached hydrogens (primary N) is 1. The van der Waals surface area contributed by atoms with Crippen molar-refractivity contribution < 1.29 is 4.74 Å². The summed E-state index contributed by atoms with van der Waals surface area (Å²) in [6.45, 7) is 4.02. The molecule has 3 heteroatoms. The lowest BCUT2D eigenvalue weighted by molar-refractivity contribution is 0.473. The highest BCUT2D eigenvalue weighted by Gasteiger charge is 2.04. The molecule has 0 radical (unpaired) electrons. The van der Waals surface area contributed by atoms with Crippen LogP contribution in [0, 0.1) is 0 Å². The Labute approximate surface area is 108 Å². The molecule has 3 nitrogen and oxygen atoms in total. The number of nitrogens with zero attached hydrogens (tertiary/aromatic N) is 1. The minimum absolute atomic E-state index is 0.0537. The lowest BCUT2D eigenvalue weighted by Gasteiger charge is -2.10. The minimum Gasteiger partial charge on any atom is -0.455 e. The predicted octanol–water partition coefficient (Wildman–Crippen LogP) is 3.46. The molecule has 0 spiro atoms. The van der Waals surface area contributed by atoms with E-state index in [0.717, 1.165) is 23.6 Å². The van der Waals surface area contributed by atoms with Crippen molar-refractivity contribution in [2.45, 2.75) is 26.3 Å². The van der Waals surface area contributed by atoms with Gasteiger partial charge >= 0.3 is 0 Å². The summed E-state index contributed by atoms with van der Waals surface area (Å²) >= 11 is 0. The second-order valence-electron chi connectivity index (χ2n) is 4.27. The Hall–Kier alpha value is -1.87. The van der Waals surface area contributed by atoms with Crippen molar-refractivity contribution in [2.75, 3.05) is 0 Å². The molecule has 94 valence electrons. The van der Waals surface area contributed by atoms with E-state index in [1.165, 1.54) is 5.56 Å². The average Bonchev–Trinajstić information content (AvgIpc) is 2.40. The Balaban J connectivity index is 2.18. The van der Waals surface area contributed by atoms with Gasteiger partial charge in [0, 0.05) is 6.04 Å². The normalized spacial score (nSPS) is 12.2. The van der Waals surface area contributed by atoms with Crippen LogP contribution in [0.25, 0.3) is 0 Å². The molecule has 2 rings (SSSR count). The van der Waals surface area contributed by atoms with Crippen LogP contribution in [-0.2, 0) is 6.42 Å². The van der Waals surface area contributed by atoms with Gasteiger partial charge in [-0.15, -0.1) is 0 Å². The Bertz CT molecular complexity index is 506. The molecule has 1 unspecified atom stereocenters. The molecule has 1 aromatic carbocycles. The molecule has 0 aliphatic rings. The highest BCUT2D eigenvalue weighted by molar-refractivity contribution is 5.37. The van der Waals surface area contributed by atoms with Crippen LogP contribution in [0.3, 0.4) is 0 Å². The van der Waals surface area contributed by atoms with Crippen molar-refractivity contribution in [1.82, 2.24) is 4.98 Å². The maximum absolute atomic E-state index is 5.83. The molecule has 1 aromatic heterocycles. The standard InChI is InChI=1S/C15H18N2O/c1-3-12-6-4-5-7-15(12)18-13-8-9-14(11(2)16)17-10-13/h4-11H,3,16H2,1-2H3. The number of rotatable bonds is 4. The number of aromatic nitrogens is 1. The van der Waals surface area contributed by atoms with E-state index in [4.69, 9.17) is 10.5 Å². The molecule has 1 heterocycles. The first-order valence-electron chi connectivity index (χ1n) is 6.18. The maximum atomic E-state index is 5.83. The van der Waals surface area contributed by atoms with Crippen molar-refractivity contribution in [3.8, 4) is 11.5 Å². The molecule has 0 saturated heterocycles. The molecule has 2 N–H and O–H groups in total. The van der Waals surface area contributed by atoms with Gasteiger partial charge in [-0.3, -0.25) is 4.98 Å². The van der Waals surface area contributed by atoms with Gasteiger partial charge in [0.2, 0.25) is 0 Å². The maximum Gasteiger partial charge on any atom is 0.145 e. The summed E-state index contributed by atoms with van der Waals surface area (Å²) in [6.07, 6.45) is 2.66. The van der Waals surface area contributed by atoms with E-state index in [2.05, 4.69) is 18.0 Å². The van der Waals surface area contributed by atoms with Crippen LogP contribution in [0.5, 0.6) is 11.5 Å². The number of pyridine rings is 1. The van der Waals surface area contributed by atoms with Gasteiger partial charge in [-0.25, -0.2) is 0 Å². The van der Waals surface area contributed by atoms with E-state index in [1.807, 2.05) is 37.3 Å². The quantitative estimate of drug-likeness (QED) is 0.893. The lowest BCUT2D eigenvalue weighted by Crippen LogP contribution is -2.06. The third kappa shape index (κ3) is 2.87. The van der Waals surface area contributed by atoms with Crippen molar-refractivity contribution in [1.29, 1.82) is 0 Å². The van der Waals surface area contributed by atoms with E-state index >= 15 is 0 Å². The van der Waals surface area contributed by atoms with Crippen LogP contribution in [0.1, 0.15) is 31.1 Å². The highest BCUT2D eigenvalue weighted by atomic mass is 16.5. The van der Waals surface area contributed by atoms with Crippen LogP contribution in [0.4, 0.5) is 0 Å². The summed E-state index contributed by atoms with van der Waals surface area (Å²) in [7, 11) is 0. The summed E-state index contributed by atoms with van der Waals surface area (Å²) in [6, 6.07) is 11.8. The third-order valence-corrected chi connectivity index (χ3v) is 2.81. The van der Waals surface area contributed by atoms with Gasteiger partial charge in [-0.1, -0.05) is 25.1 Å². The lowest BCUT2D eigenvalue weighted by atomic mass is 10.1. The second kappa shape index (κ2) is 5.65. The van der Waals surface area contributed by atoms with E-state index < -0.39 is 0 Å². The van der Waals surface area contributed by atoms with Crippen molar-refractivity contribution in [2.24, 2.45) is 5.73 Å². The fourth-order valence-electron chi connectivity index (χ4n) is 1.74. The molecule has 18 heavy (non-hydrogen) atoms. The zero-order valence-corrected chi connectivity index (χ0v) is 10.8. The van der Waals surface area contributed by atoms with Gasteiger partial charge < -0.3 is 10.5 Å². The number of hydrogen-bond donors (Lipinski definition) is 1. The first kappa shape index (κ1) is 12.6. The second-order valence-corrected chi connectivity index (χ2v) is 4.27. The SMILES string of the molecule is CCc1ccccc1Oc1ccc(C(C)N)nc1. The Morgan fingerprint density at radius 1 is 1.22 bits per heavy atom. The van der Waals surface area contributed by atoms with Crippen LogP contribution in [0.15, 0.2) is 42.6 Å². The molecule has 0 bridgehead atoms.